The zero-order valence-corrected chi connectivity index (χ0v) is 19.3. The van der Waals surface area contributed by atoms with E-state index in [2.05, 4.69) is 29.4 Å². The summed E-state index contributed by atoms with van der Waals surface area (Å²) in [6.45, 7) is 3.80. The zero-order chi connectivity index (χ0) is 23.2. The molecule has 0 spiro atoms. The lowest BCUT2D eigenvalue weighted by Crippen LogP contribution is -2.70. The molecule has 1 fully saturated rings. The number of rotatable bonds is 5. The molecule has 0 bridgehead atoms. The van der Waals surface area contributed by atoms with Gasteiger partial charge in [0.25, 0.3) is 11.8 Å². The van der Waals surface area contributed by atoms with Gasteiger partial charge in [-0.1, -0.05) is 31.2 Å². The summed E-state index contributed by atoms with van der Waals surface area (Å²) in [5.74, 6) is -0.604. The Morgan fingerprint density at radius 3 is 2.73 bits per heavy atom. The van der Waals surface area contributed by atoms with E-state index < -0.39 is 5.66 Å². The first-order valence-electron chi connectivity index (χ1n) is 11.8. The molecule has 0 radical (unpaired) electrons. The molecule has 3 aliphatic heterocycles. The first kappa shape index (κ1) is 21.5. The van der Waals surface area contributed by atoms with Gasteiger partial charge in [0.05, 0.1) is 11.3 Å². The topological polar surface area (TPSA) is 73.0 Å². The van der Waals surface area contributed by atoms with E-state index in [4.69, 9.17) is 0 Å². The van der Waals surface area contributed by atoms with Crippen LogP contribution in [0.5, 0.6) is 0 Å². The van der Waals surface area contributed by atoms with Crippen LogP contribution in [0.15, 0.2) is 42.5 Å². The van der Waals surface area contributed by atoms with Crippen LogP contribution in [-0.4, -0.2) is 48.4 Å². The number of hydrogen-bond acceptors (Lipinski definition) is 4. The number of carbonyl (C=O) groups excluding carboxylic acids is 3. The number of hydrogen-bond donors (Lipinski definition) is 1. The van der Waals surface area contributed by atoms with E-state index in [1.54, 1.807) is 34.1 Å². The first-order chi connectivity index (χ1) is 16.0. The molecular formula is C26H30N4O3. The van der Waals surface area contributed by atoms with Gasteiger partial charge in [0, 0.05) is 45.2 Å². The van der Waals surface area contributed by atoms with E-state index in [1.165, 1.54) is 11.3 Å². The fraction of sp³-hybridized carbons (Fsp3) is 0.423. The minimum absolute atomic E-state index is 0.122. The number of nitrogens with one attached hydrogen (secondary N) is 1. The number of carbonyl (C=O) groups is 3. The first-order valence-corrected chi connectivity index (χ1v) is 11.8. The van der Waals surface area contributed by atoms with Crippen LogP contribution in [0.1, 0.15) is 54.1 Å². The van der Waals surface area contributed by atoms with Gasteiger partial charge in [-0.05, 0) is 48.6 Å². The smallest absolute Gasteiger partial charge is 0.267 e. The van der Waals surface area contributed by atoms with E-state index in [-0.39, 0.29) is 24.1 Å². The molecule has 2 aromatic carbocycles. The maximum Gasteiger partial charge on any atom is 0.267 e. The molecule has 0 aromatic heterocycles. The lowest BCUT2D eigenvalue weighted by molar-refractivity contribution is -0.133. The monoisotopic (exact) mass is 446 g/mol. The summed E-state index contributed by atoms with van der Waals surface area (Å²) in [4.78, 5) is 45.7. The Hall–Kier alpha value is -3.35. The average Bonchev–Trinajstić information content (AvgIpc) is 3.18. The Labute approximate surface area is 194 Å². The zero-order valence-electron chi connectivity index (χ0n) is 19.3. The van der Waals surface area contributed by atoms with Crippen molar-refractivity contribution >= 4 is 29.1 Å². The van der Waals surface area contributed by atoms with E-state index in [9.17, 15) is 14.4 Å². The van der Waals surface area contributed by atoms with Crippen molar-refractivity contribution in [3.05, 3.63) is 59.2 Å². The van der Waals surface area contributed by atoms with E-state index in [0.29, 0.717) is 37.2 Å². The van der Waals surface area contributed by atoms with E-state index >= 15 is 0 Å². The van der Waals surface area contributed by atoms with Gasteiger partial charge in [-0.25, -0.2) is 0 Å². The van der Waals surface area contributed by atoms with Crippen molar-refractivity contribution in [2.75, 3.05) is 29.9 Å². The van der Waals surface area contributed by atoms with Crippen LogP contribution in [0.25, 0.3) is 0 Å². The summed E-state index contributed by atoms with van der Waals surface area (Å²) in [5.41, 5.74) is 3.25. The Bertz CT molecular complexity index is 1130. The summed E-state index contributed by atoms with van der Waals surface area (Å²) < 4.78 is 0. The van der Waals surface area contributed by atoms with Crippen molar-refractivity contribution in [1.29, 1.82) is 0 Å². The predicted octanol–water partition coefficient (Wildman–Crippen LogP) is 3.07. The van der Waals surface area contributed by atoms with Gasteiger partial charge in [-0.15, -0.1) is 0 Å². The van der Waals surface area contributed by atoms with Crippen LogP contribution in [0.4, 0.5) is 11.4 Å². The molecule has 3 aliphatic rings. The summed E-state index contributed by atoms with van der Waals surface area (Å²) in [7, 11) is 2.10. The number of aryl methyl sites for hydroxylation is 1. The lowest BCUT2D eigenvalue weighted by Gasteiger charge is -2.49. The van der Waals surface area contributed by atoms with Gasteiger partial charge < -0.3 is 15.1 Å². The van der Waals surface area contributed by atoms with Crippen molar-refractivity contribution in [2.24, 2.45) is 0 Å². The molecule has 7 heteroatoms. The predicted molar refractivity (Wildman–Crippen MR) is 127 cm³/mol. The number of fused-ring (bicyclic) bond motifs is 4. The normalized spacial score (nSPS) is 21.6. The van der Waals surface area contributed by atoms with Crippen molar-refractivity contribution < 1.29 is 14.4 Å². The molecule has 2 aromatic rings. The van der Waals surface area contributed by atoms with Crippen LogP contribution >= 0.6 is 0 Å². The minimum Gasteiger partial charge on any atom is -0.374 e. The van der Waals surface area contributed by atoms with Gasteiger partial charge in [0.2, 0.25) is 11.6 Å². The van der Waals surface area contributed by atoms with Crippen molar-refractivity contribution in [2.45, 2.75) is 51.2 Å². The quantitative estimate of drug-likeness (QED) is 0.766. The second kappa shape index (κ2) is 8.21. The molecule has 7 nitrogen and oxygen atoms in total. The molecule has 3 heterocycles. The minimum atomic E-state index is -1.31. The molecule has 3 amide bonds. The summed E-state index contributed by atoms with van der Waals surface area (Å²) in [5, 5.41) is 3.07. The molecule has 5 rings (SSSR count). The molecule has 33 heavy (non-hydrogen) atoms. The number of benzene rings is 2. The maximum absolute atomic E-state index is 13.8. The van der Waals surface area contributed by atoms with Crippen molar-refractivity contribution in [3.8, 4) is 0 Å². The Kier molecular flexibility index (Phi) is 5.35. The van der Waals surface area contributed by atoms with Gasteiger partial charge in [-0.2, -0.15) is 0 Å². The Balaban J connectivity index is 1.46. The second-order valence-electron chi connectivity index (χ2n) is 9.19. The van der Waals surface area contributed by atoms with Crippen LogP contribution in [-0.2, 0) is 22.6 Å². The SMILES string of the molecule is CCCN1C(=O)c2ccccc2N2C(=O)CCC12C(=O)NCc1ccc2c(c1)CCCN2C. The summed E-state index contributed by atoms with van der Waals surface area (Å²) in [6.07, 6.45) is 3.38. The van der Waals surface area contributed by atoms with Gasteiger partial charge in [0.15, 0.2) is 0 Å². The Morgan fingerprint density at radius 1 is 1.09 bits per heavy atom. The molecule has 172 valence electrons. The number of nitrogens with zero attached hydrogens (tertiary/aromatic N) is 3. The van der Waals surface area contributed by atoms with Crippen molar-refractivity contribution in [3.63, 3.8) is 0 Å². The van der Waals surface area contributed by atoms with Crippen molar-refractivity contribution in [1.82, 2.24) is 10.2 Å². The summed E-state index contributed by atoms with van der Waals surface area (Å²) >= 11 is 0. The molecule has 0 saturated carbocycles. The molecule has 1 N–H and O–H groups in total. The lowest BCUT2D eigenvalue weighted by atomic mass is 9.95. The third-order valence-electron chi connectivity index (χ3n) is 7.13. The molecular weight excluding hydrogens is 416 g/mol. The van der Waals surface area contributed by atoms with Crippen LogP contribution in [0.3, 0.4) is 0 Å². The highest BCUT2D eigenvalue weighted by molar-refractivity contribution is 6.16. The standard InChI is InChI=1S/C26H30N4O3/c1-3-14-29-24(32)20-8-4-5-9-22(20)30-23(31)12-13-26(29,30)25(33)27-17-18-10-11-21-19(16-18)7-6-15-28(21)2/h4-5,8-11,16H,3,6-7,12-15,17H2,1-2H3,(H,27,33). The third kappa shape index (κ3) is 3.29. The highest BCUT2D eigenvalue weighted by atomic mass is 16.2. The molecule has 1 saturated heterocycles. The number of anilines is 2. The van der Waals surface area contributed by atoms with Crippen LogP contribution < -0.4 is 15.1 Å². The van der Waals surface area contributed by atoms with E-state index in [0.717, 1.165) is 24.9 Å². The van der Waals surface area contributed by atoms with Gasteiger partial charge >= 0.3 is 0 Å². The second-order valence-corrected chi connectivity index (χ2v) is 9.19. The Morgan fingerprint density at radius 2 is 1.91 bits per heavy atom. The maximum atomic E-state index is 13.8. The van der Waals surface area contributed by atoms with Gasteiger partial charge in [-0.3, -0.25) is 19.3 Å². The molecule has 1 atom stereocenters. The highest BCUT2D eigenvalue weighted by Crippen LogP contribution is 2.44. The largest absolute Gasteiger partial charge is 0.374 e. The van der Waals surface area contributed by atoms with Crippen LogP contribution in [0, 0.1) is 0 Å². The summed E-state index contributed by atoms with van der Waals surface area (Å²) in [6, 6.07) is 13.4. The average molecular weight is 447 g/mol. The number of amides is 3. The fourth-order valence-corrected chi connectivity index (χ4v) is 5.58. The molecule has 0 aliphatic carbocycles. The fourth-order valence-electron chi connectivity index (χ4n) is 5.58. The van der Waals surface area contributed by atoms with Crippen LogP contribution in [0.2, 0.25) is 0 Å². The number of para-hydroxylation sites is 1. The third-order valence-corrected chi connectivity index (χ3v) is 7.13. The van der Waals surface area contributed by atoms with E-state index in [1.807, 2.05) is 13.0 Å². The highest BCUT2D eigenvalue weighted by Gasteiger charge is 2.60. The molecule has 1 unspecified atom stereocenters. The van der Waals surface area contributed by atoms with Gasteiger partial charge in [0.1, 0.15) is 0 Å².